The van der Waals surface area contributed by atoms with E-state index in [0.717, 1.165) is 30.5 Å². The van der Waals surface area contributed by atoms with Crippen LogP contribution in [0.5, 0.6) is 0 Å². The normalized spacial score (nSPS) is 27.8. The summed E-state index contributed by atoms with van der Waals surface area (Å²) < 4.78 is 1.98. The third-order valence-electron chi connectivity index (χ3n) is 3.83. The van der Waals surface area contributed by atoms with Crippen molar-refractivity contribution in [2.24, 2.45) is 5.73 Å². The zero-order valence-corrected chi connectivity index (χ0v) is 10.8. The summed E-state index contributed by atoms with van der Waals surface area (Å²) in [7, 11) is 0. The molecule has 1 aliphatic rings. The second kappa shape index (κ2) is 5.19. The quantitative estimate of drug-likeness (QED) is 0.774. The van der Waals surface area contributed by atoms with E-state index in [0.29, 0.717) is 0 Å². The molecule has 0 spiro atoms. The van der Waals surface area contributed by atoms with E-state index in [-0.39, 0.29) is 18.2 Å². The Balaban J connectivity index is 2.26. The van der Waals surface area contributed by atoms with Crippen LogP contribution in [0.1, 0.15) is 62.4 Å². The Hall–Kier alpha value is -0.870. The van der Waals surface area contributed by atoms with Crippen LogP contribution in [0.15, 0.2) is 6.20 Å². The monoisotopic (exact) mass is 237 g/mol. The molecule has 17 heavy (non-hydrogen) atoms. The molecule has 2 rings (SSSR count). The zero-order valence-electron chi connectivity index (χ0n) is 10.8. The van der Waals surface area contributed by atoms with E-state index in [2.05, 4.69) is 5.10 Å². The molecule has 1 heterocycles. The van der Waals surface area contributed by atoms with E-state index in [1.54, 1.807) is 0 Å². The van der Waals surface area contributed by atoms with E-state index in [1.807, 2.05) is 24.7 Å². The van der Waals surface area contributed by atoms with Crippen molar-refractivity contribution in [2.45, 2.75) is 64.1 Å². The van der Waals surface area contributed by atoms with Gasteiger partial charge in [0.1, 0.15) is 0 Å². The molecule has 0 bridgehead atoms. The number of aromatic nitrogens is 2. The van der Waals surface area contributed by atoms with Crippen molar-refractivity contribution in [3.05, 3.63) is 17.5 Å². The van der Waals surface area contributed by atoms with E-state index >= 15 is 0 Å². The summed E-state index contributed by atoms with van der Waals surface area (Å²) in [5.74, 6) is 0. The molecule has 4 nitrogen and oxygen atoms in total. The maximum absolute atomic E-state index is 10.2. The molecule has 4 heteroatoms. The number of aliphatic hydroxyl groups is 1. The molecule has 1 aliphatic carbocycles. The standard InChI is InChI=1S/C13H23N3O/c1-9(14)11-8-15-16(10(11)2)12-6-4-3-5-7-13(12)17/h8-9,12-13,17H,3-7,14H2,1-2H3. The maximum Gasteiger partial charge on any atom is 0.0781 e. The lowest BCUT2D eigenvalue weighted by molar-refractivity contribution is 0.0979. The predicted octanol–water partition coefficient (Wildman–Crippen LogP) is 2.08. The van der Waals surface area contributed by atoms with Crippen LogP contribution >= 0.6 is 0 Å². The van der Waals surface area contributed by atoms with Crippen molar-refractivity contribution in [3.8, 4) is 0 Å². The van der Waals surface area contributed by atoms with Gasteiger partial charge in [0, 0.05) is 17.3 Å². The second-order valence-electron chi connectivity index (χ2n) is 5.19. The van der Waals surface area contributed by atoms with Crippen molar-refractivity contribution in [3.63, 3.8) is 0 Å². The van der Waals surface area contributed by atoms with Crippen LogP contribution in [0, 0.1) is 6.92 Å². The molecule has 0 saturated heterocycles. The third-order valence-corrected chi connectivity index (χ3v) is 3.83. The molecule has 1 saturated carbocycles. The van der Waals surface area contributed by atoms with Gasteiger partial charge in [-0.1, -0.05) is 19.3 Å². The van der Waals surface area contributed by atoms with Crippen LogP contribution in [0.2, 0.25) is 0 Å². The van der Waals surface area contributed by atoms with Crippen LogP contribution in [-0.4, -0.2) is 21.0 Å². The van der Waals surface area contributed by atoms with Crippen molar-refractivity contribution in [2.75, 3.05) is 0 Å². The molecule has 3 atom stereocenters. The summed E-state index contributed by atoms with van der Waals surface area (Å²) in [5, 5.41) is 14.6. The highest BCUT2D eigenvalue weighted by Crippen LogP contribution is 2.29. The Kier molecular flexibility index (Phi) is 3.84. The van der Waals surface area contributed by atoms with E-state index in [4.69, 9.17) is 5.73 Å². The fraction of sp³-hybridized carbons (Fsp3) is 0.769. The van der Waals surface area contributed by atoms with E-state index in [1.165, 1.54) is 12.8 Å². The minimum absolute atomic E-state index is 0.00618. The van der Waals surface area contributed by atoms with Gasteiger partial charge < -0.3 is 10.8 Å². The maximum atomic E-state index is 10.2. The minimum Gasteiger partial charge on any atom is -0.391 e. The lowest BCUT2D eigenvalue weighted by atomic mass is 10.1. The number of rotatable bonds is 2. The number of aliphatic hydroxyl groups excluding tert-OH is 1. The summed E-state index contributed by atoms with van der Waals surface area (Å²) in [6.45, 7) is 4.02. The number of hydrogen-bond acceptors (Lipinski definition) is 3. The van der Waals surface area contributed by atoms with Gasteiger partial charge in [-0.15, -0.1) is 0 Å². The summed E-state index contributed by atoms with van der Waals surface area (Å²) in [4.78, 5) is 0. The van der Waals surface area contributed by atoms with Gasteiger partial charge in [0.05, 0.1) is 18.3 Å². The first kappa shape index (κ1) is 12.6. The zero-order chi connectivity index (χ0) is 12.4. The average molecular weight is 237 g/mol. The molecule has 3 N–H and O–H groups in total. The van der Waals surface area contributed by atoms with Gasteiger partial charge in [-0.25, -0.2) is 0 Å². The van der Waals surface area contributed by atoms with Gasteiger partial charge >= 0.3 is 0 Å². The second-order valence-corrected chi connectivity index (χ2v) is 5.19. The molecule has 0 aliphatic heterocycles. The molecule has 3 unspecified atom stereocenters. The lowest BCUT2D eigenvalue weighted by Crippen LogP contribution is -2.25. The van der Waals surface area contributed by atoms with Gasteiger partial charge in [-0.3, -0.25) is 4.68 Å². The smallest absolute Gasteiger partial charge is 0.0781 e. The summed E-state index contributed by atoms with van der Waals surface area (Å²) in [6.07, 6.45) is 7.00. The first-order valence-corrected chi connectivity index (χ1v) is 6.59. The molecule has 0 amide bonds. The Labute approximate surface area is 103 Å². The summed E-state index contributed by atoms with van der Waals surface area (Å²) >= 11 is 0. The van der Waals surface area contributed by atoms with Gasteiger partial charge in [0.2, 0.25) is 0 Å². The largest absolute Gasteiger partial charge is 0.391 e. The number of hydrogen-bond donors (Lipinski definition) is 2. The molecule has 0 aromatic carbocycles. The fourth-order valence-corrected chi connectivity index (χ4v) is 2.77. The van der Waals surface area contributed by atoms with Gasteiger partial charge in [0.15, 0.2) is 0 Å². The van der Waals surface area contributed by atoms with Gasteiger partial charge in [-0.05, 0) is 26.7 Å². The molecule has 96 valence electrons. The molecule has 1 aromatic rings. The molecular weight excluding hydrogens is 214 g/mol. The van der Waals surface area contributed by atoms with Gasteiger partial charge in [-0.2, -0.15) is 5.10 Å². The number of nitrogens with zero attached hydrogens (tertiary/aromatic N) is 2. The molecule has 1 aromatic heterocycles. The topological polar surface area (TPSA) is 64.1 Å². The third kappa shape index (κ3) is 2.53. The lowest BCUT2D eigenvalue weighted by Gasteiger charge is -2.22. The highest BCUT2D eigenvalue weighted by molar-refractivity contribution is 5.20. The first-order valence-electron chi connectivity index (χ1n) is 6.59. The number of nitrogens with two attached hydrogens (primary N) is 1. The Morgan fingerprint density at radius 1 is 1.41 bits per heavy atom. The fourth-order valence-electron chi connectivity index (χ4n) is 2.77. The van der Waals surface area contributed by atoms with Crippen molar-refractivity contribution >= 4 is 0 Å². The first-order chi connectivity index (χ1) is 8.11. The van der Waals surface area contributed by atoms with Crippen molar-refractivity contribution in [1.29, 1.82) is 0 Å². The minimum atomic E-state index is -0.267. The average Bonchev–Trinajstić information content (AvgIpc) is 2.52. The van der Waals surface area contributed by atoms with E-state index < -0.39 is 0 Å². The van der Waals surface area contributed by atoms with Crippen LogP contribution in [0.25, 0.3) is 0 Å². The highest BCUT2D eigenvalue weighted by atomic mass is 16.3. The summed E-state index contributed by atoms with van der Waals surface area (Å²) in [6, 6.07) is 0.136. The van der Waals surface area contributed by atoms with Crippen LogP contribution in [0.3, 0.4) is 0 Å². The van der Waals surface area contributed by atoms with Crippen LogP contribution < -0.4 is 5.73 Å². The Morgan fingerprint density at radius 2 is 2.12 bits per heavy atom. The Bertz CT molecular complexity index is 373. The van der Waals surface area contributed by atoms with Gasteiger partial charge in [0.25, 0.3) is 0 Å². The Morgan fingerprint density at radius 3 is 2.76 bits per heavy atom. The van der Waals surface area contributed by atoms with Crippen molar-refractivity contribution < 1.29 is 5.11 Å². The molecule has 1 fully saturated rings. The van der Waals surface area contributed by atoms with E-state index in [9.17, 15) is 5.11 Å². The SMILES string of the molecule is Cc1c(C(C)N)cnn1C1CCCCCC1O. The van der Waals surface area contributed by atoms with Crippen LogP contribution in [-0.2, 0) is 0 Å². The molecule has 0 radical (unpaired) electrons. The predicted molar refractivity (Wildman–Crippen MR) is 67.7 cm³/mol. The highest BCUT2D eigenvalue weighted by Gasteiger charge is 2.26. The summed E-state index contributed by atoms with van der Waals surface area (Å²) in [5.41, 5.74) is 8.09. The molecular formula is C13H23N3O. The van der Waals surface area contributed by atoms with Crippen LogP contribution in [0.4, 0.5) is 0 Å². The van der Waals surface area contributed by atoms with Crippen molar-refractivity contribution in [1.82, 2.24) is 9.78 Å².